The Morgan fingerprint density at radius 1 is 1.11 bits per heavy atom. The summed E-state index contributed by atoms with van der Waals surface area (Å²) in [6.45, 7) is 1.24. The summed E-state index contributed by atoms with van der Waals surface area (Å²) in [5.74, 6) is 0.0133. The summed E-state index contributed by atoms with van der Waals surface area (Å²) in [4.78, 5) is 22.8. The number of ether oxygens (including phenoxy) is 1. The van der Waals surface area contributed by atoms with Crippen molar-refractivity contribution in [3.63, 3.8) is 0 Å². The molecule has 0 aliphatic carbocycles. The first-order valence-corrected chi connectivity index (χ1v) is 9.24. The number of hydrogen-bond donors (Lipinski definition) is 0. The Bertz CT molecular complexity index is 895. The molecule has 1 saturated heterocycles. The van der Waals surface area contributed by atoms with Gasteiger partial charge in [-0.15, -0.1) is 0 Å². The highest BCUT2D eigenvalue weighted by atomic mass is 35.5. The highest BCUT2D eigenvalue weighted by Crippen LogP contribution is 2.19. The molecule has 2 aromatic heterocycles. The summed E-state index contributed by atoms with van der Waals surface area (Å²) >= 11 is 5.80. The molecule has 27 heavy (non-hydrogen) atoms. The van der Waals surface area contributed by atoms with Crippen molar-refractivity contribution in [1.82, 2.24) is 19.4 Å². The number of hydrogen-bond acceptors (Lipinski definition) is 4. The maximum Gasteiger partial charge on any atom is 0.316 e. The molecule has 0 spiro atoms. The Kier molecular flexibility index (Phi) is 5.07. The second-order valence-corrected chi connectivity index (χ2v) is 6.89. The standard InChI is InChI=1S/C20H19ClN4O2/c21-16-12-22-20(23-13-16)27-18-4-3-11-25(14-18)19(26)15-5-7-17(8-6-15)24-9-1-2-10-24/h1-2,5-10,12-13,18H,3-4,11,14H2. The van der Waals surface area contributed by atoms with Crippen molar-refractivity contribution in [3.8, 4) is 11.7 Å². The number of halogens is 1. The van der Waals surface area contributed by atoms with E-state index in [1.54, 1.807) is 0 Å². The Morgan fingerprint density at radius 2 is 1.81 bits per heavy atom. The lowest BCUT2D eigenvalue weighted by atomic mass is 10.1. The van der Waals surface area contributed by atoms with E-state index < -0.39 is 0 Å². The van der Waals surface area contributed by atoms with E-state index in [4.69, 9.17) is 16.3 Å². The summed E-state index contributed by atoms with van der Waals surface area (Å²) in [5, 5.41) is 0.464. The van der Waals surface area contributed by atoms with E-state index in [1.807, 2.05) is 58.3 Å². The summed E-state index contributed by atoms with van der Waals surface area (Å²) in [5.41, 5.74) is 1.70. The van der Waals surface area contributed by atoms with Crippen LogP contribution in [0.5, 0.6) is 6.01 Å². The van der Waals surface area contributed by atoms with Gasteiger partial charge in [-0.3, -0.25) is 4.79 Å². The van der Waals surface area contributed by atoms with Gasteiger partial charge in [-0.2, -0.15) is 0 Å². The lowest BCUT2D eigenvalue weighted by molar-refractivity contribution is 0.0516. The first-order valence-electron chi connectivity index (χ1n) is 8.86. The van der Waals surface area contributed by atoms with E-state index in [0.717, 1.165) is 25.1 Å². The summed E-state index contributed by atoms with van der Waals surface area (Å²) in [7, 11) is 0. The van der Waals surface area contributed by atoms with Crippen LogP contribution in [0, 0.1) is 0 Å². The van der Waals surface area contributed by atoms with Crippen LogP contribution in [-0.4, -0.2) is 44.5 Å². The van der Waals surface area contributed by atoms with Crippen LogP contribution < -0.4 is 4.74 Å². The zero-order chi connectivity index (χ0) is 18.6. The van der Waals surface area contributed by atoms with Crippen molar-refractivity contribution in [2.45, 2.75) is 18.9 Å². The molecule has 7 heteroatoms. The molecule has 3 heterocycles. The average molecular weight is 383 g/mol. The van der Waals surface area contributed by atoms with Crippen LogP contribution in [0.2, 0.25) is 5.02 Å². The van der Waals surface area contributed by atoms with Crippen molar-refractivity contribution in [3.05, 3.63) is 71.8 Å². The maximum absolute atomic E-state index is 12.9. The highest BCUT2D eigenvalue weighted by molar-refractivity contribution is 6.30. The second kappa shape index (κ2) is 7.80. The first kappa shape index (κ1) is 17.5. The van der Waals surface area contributed by atoms with Gasteiger partial charge in [0.05, 0.1) is 24.0 Å². The predicted molar refractivity (Wildman–Crippen MR) is 102 cm³/mol. The van der Waals surface area contributed by atoms with Crippen LogP contribution in [0.4, 0.5) is 0 Å². The van der Waals surface area contributed by atoms with Crippen LogP contribution in [0.1, 0.15) is 23.2 Å². The molecule has 1 unspecified atom stereocenters. The molecular weight excluding hydrogens is 364 g/mol. The largest absolute Gasteiger partial charge is 0.458 e. The number of carbonyl (C=O) groups excluding carboxylic acids is 1. The van der Waals surface area contributed by atoms with E-state index in [9.17, 15) is 4.79 Å². The Hall–Kier alpha value is -2.86. The number of aromatic nitrogens is 3. The maximum atomic E-state index is 12.9. The quantitative estimate of drug-likeness (QED) is 0.691. The number of benzene rings is 1. The molecule has 3 aromatic rings. The van der Waals surface area contributed by atoms with Crippen LogP contribution in [-0.2, 0) is 0 Å². The third kappa shape index (κ3) is 4.11. The fourth-order valence-electron chi connectivity index (χ4n) is 3.19. The molecule has 1 atom stereocenters. The van der Waals surface area contributed by atoms with Gasteiger partial charge in [0.25, 0.3) is 5.91 Å². The van der Waals surface area contributed by atoms with Crippen LogP contribution in [0.25, 0.3) is 5.69 Å². The van der Waals surface area contributed by atoms with Crippen molar-refractivity contribution in [1.29, 1.82) is 0 Å². The number of nitrogens with zero attached hydrogens (tertiary/aromatic N) is 4. The van der Waals surface area contributed by atoms with Gasteiger partial charge in [0.1, 0.15) is 6.10 Å². The second-order valence-electron chi connectivity index (χ2n) is 6.45. The van der Waals surface area contributed by atoms with Crippen molar-refractivity contribution in [2.24, 2.45) is 0 Å². The van der Waals surface area contributed by atoms with Gasteiger partial charge < -0.3 is 14.2 Å². The number of carbonyl (C=O) groups is 1. The molecule has 1 aliphatic rings. The number of rotatable bonds is 4. The third-order valence-corrected chi connectivity index (χ3v) is 4.75. The third-order valence-electron chi connectivity index (χ3n) is 4.55. The topological polar surface area (TPSA) is 60.2 Å². The monoisotopic (exact) mass is 382 g/mol. The minimum atomic E-state index is -0.122. The molecule has 4 rings (SSSR count). The van der Waals surface area contributed by atoms with E-state index in [0.29, 0.717) is 17.1 Å². The highest BCUT2D eigenvalue weighted by Gasteiger charge is 2.26. The lowest BCUT2D eigenvalue weighted by Gasteiger charge is -2.32. The minimum absolute atomic E-state index is 0.0133. The fraction of sp³-hybridized carbons (Fsp3) is 0.250. The van der Waals surface area contributed by atoms with E-state index in [-0.39, 0.29) is 18.0 Å². The molecule has 1 aromatic carbocycles. The molecule has 6 nitrogen and oxygen atoms in total. The molecule has 0 saturated carbocycles. The minimum Gasteiger partial charge on any atom is -0.458 e. The zero-order valence-electron chi connectivity index (χ0n) is 14.7. The van der Waals surface area contributed by atoms with Crippen molar-refractivity contribution >= 4 is 17.5 Å². The van der Waals surface area contributed by atoms with Gasteiger partial charge in [-0.1, -0.05) is 11.6 Å². The van der Waals surface area contributed by atoms with Crippen molar-refractivity contribution < 1.29 is 9.53 Å². The molecule has 138 valence electrons. The van der Waals surface area contributed by atoms with Gasteiger partial charge in [-0.05, 0) is 49.2 Å². The van der Waals surface area contributed by atoms with Crippen molar-refractivity contribution in [2.75, 3.05) is 13.1 Å². The van der Waals surface area contributed by atoms with Gasteiger partial charge in [0.2, 0.25) is 0 Å². The number of amides is 1. The van der Waals surface area contributed by atoms with Gasteiger partial charge in [0, 0.05) is 30.2 Å². The molecular formula is C20H19ClN4O2. The van der Waals surface area contributed by atoms with E-state index in [1.165, 1.54) is 12.4 Å². The smallest absolute Gasteiger partial charge is 0.316 e. The lowest BCUT2D eigenvalue weighted by Crippen LogP contribution is -2.44. The normalized spacial score (nSPS) is 16.9. The molecule has 0 radical (unpaired) electrons. The summed E-state index contributed by atoms with van der Waals surface area (Å²) < 4.78 is 7.82. The molecule has 1 aliphatic heterocycles. The zero-order valence-corrected chi connectivity index (χ0v) is 15.4. The summed E-state index contributed by atoms with van der Waals surface area (Å²) in [6, 6.07) is 11.9. The van der Waals surface area contributed by atoms with Crippen LogP contribution in [0.15, 0.2) is 61.2 Å². The van der Waals surface area contributed by atoms with Crippen LogP contribution >= 0.6 is 11.6 Å². The van der Waals surface area contributed by atoms with Crippen LogP contribution in [0.3, 0.4) is 0 Å². The predicted octanol–water partition coefficient (Wildman–Crippen LogP) is 3.60. The SMILES string of the molecule is O=C(c1ccc(-n2cccc2)cc1)N1CCCC(Oc2ncc(Cl)cn2)C1. The van der Waals surface area contributed by atoms with Gasteiger partial charge >= 0.3 is 6.01 Å². The van der Waals surface area contributed by atoms with Gasteiger partial charge in [0.15, 0.2) is 0 Å². The first-order chi connectivity index (χ1) is 13.2. The molecule has 1 fully saturated rings. The van der Waals surface area contributed by atoms with E-state index in [2.05, 4.69) is 9.97 Å². The van der Waals surface area contributed by atoms with Gasteiger partial charge in [-0.25, -0.2) is 9.97 Å². The number of likely N-dealkylation sites (tertiary alicyclic amines) is 1. The molecule has 1 amide bonds. The fourth-order valence-corrected chi connectivity index (χ4v) is 3.29. The Balaban J connectivity index is 1.41. The van der Waals surface area contributed by atoms with E-state index >= 15 is 0 Å². The molecule has 0 N–H and O–H groups in total. The molecule has 0 bridgehead atoms. The Labute approximate surface area is 162 Å². The average Bonchev–Trinajstić information content (AvgIpc) is 3.24. The summed E-state index contributed by atoms with van der Waals surface area (Å²) in [6.07, 6.45) is 8.57. The Morgan fingerprint density at radius 3 is 2.52 bits per heavy atom. The number of piperidine rings is 1.